The number of hydrogen-bond donors (Lipinski definition) is 1. The number of nitriles is 1. The third-order valence-electron chi connectivity index (χ3n) is 4.04. The van der Waals surface area contributed by atoms with Gasteiger partial charge in [0.1, 0.15) is 11.7 Å². The second-order valence-electron chi connectivity index (χ2n) is 5.89. The molecule has 27 heavy (non-hydrogen) atoms. The highest BCUT2D eigenvalue weighted by Crippen LogP contribution is 2.28. The minimum atomic E-state index is -1.08. The molecule has 1 N–H and O–H groups in total. The summed E-state index contributed by atoms with van der Waals surface area (Å²) in [5.41, 5.74) is 1.75. The lowest BCUT2D eigenvalue weighted by Gasteiger charge is -2.13. The van der Waals surface area contributed by atoms with Crippen molar-refractivity contribution in [3.8, 4) is 6.07 Å². The number of nitrogens with one attached hydrogen (secondary N) is 1. The number of carbonyl (C=O) groups is 2. The van der Waals surface area contributed by atoms with Crippen molar-refractivity contribution < 1.29 is 18.7 Å². The Balaban J connectivity index is 1.75. The number of furan rings is 1. The highest BCUT2D eigenvalue weighted by molar-refractivity contribution is 6.31. The fourth-order valence-electron chi connectivity index (χ4n) is 2.58. The van der Waals surface area contributed by atoms with Crippen molar-refractivity contribution in [2.45, 2.75) is 20.0 Å². The highest BCUT2D eigenvalue weighted by Gasteiger charge is 2.24. The molecule has 3 rings (SSSR count). The quantitative estimate of drug-likeness (QED) is 0.673. The summed E-state index contributed by atoms with van der Waals surface area (Å²) < 4.78 is 10.8. The maximum Gasteiger partial charge on any atom is 0.375 e. The number of aryl methyl sites for hydroxylation is 1. The Morgan fingerprint density at radius 3 is 2.74 bits per heavy atom. The average molecular weight is 383 g/mol. The van der Waals surface area contributed by atoms with Gasteiger partial charge in [-0.15, -0.1) is 0 Å². The topological polar surface area (TPSA) is 92.3 Å². The van der Waals surface area contributed by atoms with Crippen molar-refractivity contribution >= 4 is 40.1 Å². The number of esters is 1. The van der Waals surface area contributed by atoms with Crippen LogP contribution in [0.2, 0.25) is 5.02 Å². The standard InChI is InChI=1S/C20H15ClN2O4/c1-11-15-9-14(21)7-8-17(15)27-18(11)20(25)26-12(2)19(24)23-16-6-4-3-5-13(16)10-22/h3-9,12H,1-2H3,(H,23,24)/t12-/m0/s1. The lowest BCUT2D eigenvalue weighted by atomic mass is 10.1. The molecule has 136 valence electrons. The number of hydrogen-bond acceptors (Lipinski definition) is 5. The van der Waals surface area contributed by atoms with Crippen LogP contribution in [0.3, 0.4) is 0 Å². The van der Waals surface area contributed by atoms with Crippen LogP contribution in [0, 0.1) is 18.3 Å². The van der Waals surface area contributed by atoms with Crippen LogP contribution < -0.4 is 5.32 Å². The molecule has 0 saturated heterocycles. The number of amides is 1. The van der Waals surface area contributed by atoms with Crippen LogP contribution in [0.4, 0.5) is 5.69 Å². The maximum absolute atomic E-state index is 12.4. The van der Waals surface area contributed by atoms with Gasteiger partial charge in [-0.2, -0.15) is 5.26 Å². The van der Waals surface area contributed by atoms with E-state index >= 15 is 0 Å². The van der Waals surface area contributed by atoms with Crippen LogP contribution in [0.1, 0.15) is 28.6 Å². The smallest absolute Gasteiger partial charge is 0.375 e. The van der Waals surface area contributed by atoms with Gasteiger partial charge in [0.15, 0.2) is 6.10 Å². The molecule has 3 aromatic rings. The third kappa shape index (κ3) is 3.78. The van der Waals surface area contributed by atoms with Crippen LogP contribution in [0.25, 0.3) is 11.0 Å². The number of benzene rings is 2. The molecule has 0 fully saturated rings. The Hall–Kier alpha value is -3.30. The molecule has 7 heteroatoms. The second kappa shape index (κ2) is 7.52. The largest absolute Gasteiger partial charge is 0.449 e. The minimum Gasteiger partial charge on any atom is -0.449 e. The van der Waals surface area contributed by atoms with Crippen LogP contribution >= 0.6 is 11.6 Å². The van der Waals surface area contributed by atoms with Gasteiger partial charge in [-0.25, -0.2) is 4.79 Å². The predicted molar refractivity (Wildman–Crippen MR) is 101 cm³/mol. The van der Waals surface area contributed by atoms with Gasteiger partial charge < -0.3 is 14.5 Å². The monoisotopic (exact) mass is 382 g/mol. The summed E-state index contributed by atoms with van der Waals surface area (Å²) >= 11 is 5.97. The first-order valence-electron chi connectivity index (χ1n) is 8.10. The van der Waals surface area contributed by atoms with Crippen molar-refractivity contribution in [3.63, 3.8) is 0 Å². The minimum absolute atomic E-state index is 0.0179. The van der Waals surface area contributed by atoms with Crippen molar-refractivity contribution in [1.82, 2.24) is 0 Å². The summed E-state index contributed by atoms with van der Waals surface area (Å²) in [7, 11) is 0. The molecule has 1 atom stereocenters. The van der Waals surface area contributed by atoms with Crippen molar-refractivity contribution in [3.05, 3.63) is 64.4 Å². The molecule has 6 nitrogen and oxygen atoms in total. The molecular weight excluding hydrogens is 368 g/mol. The number of anilines is 1. The van der Waals surface area contributed by atoms with Crippen molar-refractivity contribution in [1.29, 1.82) is 5.26 Å². The van der Waals surface area contributed by atoms with E-state index in [2.05, 4.69) is 5.32 Å². The van der Waals surface area contributed by atoms with E-state index in [0.29, 0.717) is 32.8 Å². The lowest BCUT2D eigenvalue weighted by Crippen LogP contribution is -2.30. The molecule has 0 spiro atoms. The SMILES string of the molecule is Cc1c(C(=O)O[C@@H](C)C(=O)Nc2ccccc2C#N)oc2ccc(Cl)cc12. The van der Waals surface area contributed by atoms with Gasteiger partial charge in [0, 0.05) is 16.0 Å². The Bertz CT molecular complexity index is 1080. The van der Waals surface area contributed by atoms with Gasteiger partial charge in [-0.05, 0) is 44.2 Å². The zero-order valence-electron chi connectivity index (χ0n) is 14.6. The number of carbonyl (C=O) groups excluding carboxylic acids is 2. The summed E-state index contributed by atoms with van der Waals surface area (Å²) in [4.78, 5) is 24.7. The van der Waals surface area contributed by atoms with E-state index in [4.69, 9.17) is 26.0 Å². The molecule has 1 amide bonds. The fraction of sp³-hybridized carbons (Fsp3) is 0.150. The fourth-order valence-corrected chi connectivity index (χ4v) is 2.75. The van der Waals surface area contributed by atoms with Gasteiger partial charge in [0.05, 0.1) is 11.3 Å². The van der Waals surface area contributed by atoms with E-state index in [1.165, 1.54) is 6.92 Å². The summed E-state index contributed by atoms with van der Waals surface area (Å²) in [5.74, 6) is -1.29. The van der Waals surface area contributed by atoms with E-state index in [-0.39, 0.29) is 5.76 Å². The van der Waals surface area contributed by atoms with Gasteiger partial charge in [0.2, 0.25) is 5.76 Å². The highest BCUT2D eigenvalue weighted by atomic mass is 35.5. The number of fused-ring (bicyclic) bond motifs is 1. The van der Waals surface area contributed by atoms with Crippen molar-refractivity contribution in [2.75, 3.05) is 5.32 Å². The van der Waals surface area contributed by atoms with Crippen LogP contribution in [0.15, 0.2) is 46.9 Å². The first kappa shape index (κ1) is 18.5. The number of ether oxygens (including phenoxy) is 1. The van der Waals surface area contributed by atoms with Gasteiger partial charge >= 0.3 is 5.97 Å². The number of rotatable bonds is 4. The van der Waals surface area contributed by atoms with Gasteiger partial charge in [-0.1, -0.05) is 23.7 Å². The van der Waals surface area contributed by atoms with Gasteiger partial charge in [-0.3, -0.25) is 4.79 Å². The van der Waals surface area contributed by atoms with Crippen molar-refractivity contribution in [2.24, 2.45) is 0 Å². The second-order valence-corrected chi connectivity index (χ2v) is 6.33. The summed E-state index contributed by atoms with van der Waals surface area (Å²) in [5, 5.41) is 12.9. The zero-order chi connectivity index (χ0) is 19.6. The third-order valence-corrected chi connectivity index (χ3v) is 4.28. The van der Waals surface area contributed by atoms with Crippen LogP contribution in [0.5, 0.6) is 0 Å². The summed E-state index contributed by atoms with van der Waals surface area (Å²) in [6, 6.07) is 13.6. The Kier molecular flexibility index (Phi) is 5.15. The summed E-state index contributed by atoms with van der Waals surface area (Å²) in [6.45, 7) is 3.16. The molecule has 1 heterocycles. The molecule has 0 unspecified atom stereocenters. The molecule has 0 aliphatic carbocycles. The number of nitrogens with zero attached hydrogens (tertiary/aromatic N) is 1. The van der Waals surface area contributed by atoms with Gasteiger partial charge in [0.25, 0.3) is 5.91 Å². The molecule has 0 bridgehead atoms. The van der Waals surface area contributed by atoms with E-state index in [0.717, 1.165) is 0 Å². The normalized spacial score (nSPS) is 11.6. The Labute approximate surface area is 160 Å². The molecule has 1 aromatic heterocycles. The molecular formula is C20H15ClN2O4. The van der Waals surface area contributed by atoms with E-state index in [1.54, 1.807) is 49.4 Å². The molecule has 0 radical (unpaired) electrons. The van der Waals surface area contributed by atoms with E-state index < -0.39 is 18.0 Å². The number of para-hydroxylation sites is 1. The Morgan fingerprint density at radius 2 is 2.00 bits per heavy atom. The predicted octanol–water partition coefficient (Wildman–Crippen LogP) is 4.45. The molecule has 0 aliphatic rings. The number of halogens is 1. The molecule has 2 aromatic carbocycles. The maximum atomic E-state index is 12.4. The lowest BCUT2D eigenvalue weighted by molar-refractivity contribution is -0.123. The first-order chi connectivity index (χ1) is 12.9. The van der Waals surface area contributed by atoms with E-state index in [9.17, 15) is 9.59 Å². The molecule has 0 aliphatic heterocycles. The van der Waals surface area contributed by atoms with E-state index in [1.807, 2.05) is 6.07 Å². The van der Waals surface area contributed by atoms with Crippen LogP contribution in [-0.2, 0) is 9.53 Å². The van der Waals surface area contributed by atoms with Crippen LogP contribution in [-0.4, -0.2) is 18.0 Å². The average Bonchev–Trinajstić information content (AvgIpc) is 2.98. The first-order valence-corrected chi connectivity index (χ1v) is 8.48. The zero-order valence-corrected chi connectivity index (χ0v) is 15.3. The summed E-state index contributed by atoms with van der Waals surface area (Å²) in [6.07, 6.45) is -1.08. The Morgan fingerprint density at radius 1 is 1.26 bits per heavy atom. The molecule has 0 saturated carbocycles.